The van der Waals surface area contributed by atoms with Crippen LogP contribution in [0.15, 0.2) is 73.1 Å². The second-order valence-corrected chi connectivity index (χ2v) is 6.98. The Morgan fingerprint density at radius 2 is 1.71 bits per heavy atom. The summed E-state index contributed by atoms with van der Waals surface area (Å²) in [6.45, 7) is -0.0404. The molecule has 0 radical (unpaired) electrons. The number of anilines is 1. The van der Waals surface area contributed by atoms with E-state index in [1.807, 2.05) is 53.5 Å². The number of hydrogen-bond donors (Lipinski definition) is 1. The van der Waals surface area contributed by atoms with Crippen LogP contribution in [-0.4, -0.2) is 39.3 Å². The predicted molar refractivity (Wildman–Crippen MR) is 120 cm³/mol. The highest BCUT2D eigenvalue weighted by atomic mass is 32.1. The van der Waals surface area contributed by atoms with E-state index >= 15 is 0 Å². The van der Waals surface area contributed by atoms with E-state index < -0.39 is 0 Å². The molecule has 1 N–H and O–H groups in total. The largest absolute Gasteiger partial charge is 0.497 e. The van der Waals surface area contributed by atoms with Crippen molar-refractivity contribution in [3.63, 3.8) is 0 Å². The third-order valence-electron chi connectivity index (χ3n) is 4.65. The van der Waals surface area contributed by atoms with Crippen LogP contribution in [0.4, 0.5) is 5.69 Å². The maximum Gasteiger partial charge on any atom is 0.246 e. The smallest absolute Gasteiger partial charge is 0.246 e. The highest BCUT2D eigenvalue weighted by Gasteiger charge is 2.19. The normalized spacial score (nSPS) is 10.6. The summed E-state index contributed by atoms with van der Waals surface area (Å²) in [6.07, 6.45) is 3.72. The Bertz CT molecular complexity index is 1240. The van der Waals surface area contributed by atoms with Crippen molar-refractivity contribution in [2.24, 2.45) is 0 Å². The lowest BCUT2D eigenvalue weighted by atomic mass is 10.2. The fourth-order valence-electron chi connectivity index (χ4n) is 3.18. The van der Waals surface area contributed by atoms with Gasteiger partial charge in [0.15, 0.2) is 5.82 Å². The van der Waals surface area contributed by atoms with E-state index in [0.717, 1.165) is 5.56 Å². The average Bonchev–Trinajstić information content (AvgIpc) is 3.42. The summed E-state index contributed by atoms with van der Waals surface area (Å²) in [5.74, 6) is 1.69. The Labute approximate surface area is 184 Å². The Hall–Kier alpha value is -3.85. The van der Waals surface area contributed by atoms with Gasteiger partial charge in [-0.3, -0.25) is 9.47 Å². The molecule has 2 heterocycles. The zero-order valence-corrected chi connectivity index (χ0v) is 17.9. The Balaban J connectivity index is 1.68. The summed E-state index contributed by atoms with van der Waals surface area (Å²) < 4.78 is 16.1. The molecular weight excluding hydrogens is 414 g/mol. The van der Waals surface area contributed by atoms with E-state index in [4.69, 9.17) is 21.7 Å². The Kier molecular flexibility index (Phi) is 5.85. The molecule has 0 atom stereocenters. The number of rotatable bonds is 7. The van der Waals surface area contributed by atoms with Gasteiger partial charge in [-0.1, -0.05) is 12.1 Å². The van der Waals surface area contributed by atoms with Crippen molar-refractivity contribution in [3.05, 3.63) is 77.8 Å². The quantitative estimate of drug-likeness (QED) is 0.446. The molecule has 0 aliphatic rings. The molecule has 0 fully saturated rings. The van der Waals surface area contributed by atoms with Gasteiger partial charge in [-0.2, -0.15) is 0 Å². The molecule has 2 aromatic heterocycles. The Morgan fingerprint density at radius 3 is 2.39 bits per heavy atom. The number of benzene rings is 2. The number of nitrogens with zero attached hydrogens (tertiary/aromatic N) is 4. The first-order valence-corrected chi connectivity index (χ1v) is 9.92. The first-order chi connectivity index (χ1) is 15.1. The minimum atomic E-state index is -0.245. The highest BCUT2D eigenvalue weighted by Crippen LogP contribution is 2.29. The predicted octanol–water partition coefficient (Wildman–Crippen LogP) is 3.85. The van der Waals surface area contributed by atoms with E-state index in [-0.39, 0.29) is 12.5 Å². The van der Waals surface area contributed by atoms with Crippen LogP contribution in [0.2, 0.25) is 0 Å². The summed E-state index contributed by atoms with van der Waals surface area (Å²) >= 11 is 5.66. The number of nitrogens with one attached hydrogen (secondary N) is 1. The minimum Gasteiger partial charge on any atom is -0.497 e. The maximum absolute atomic E-state index is 12.7. The molecule has 158 valence electrons. The molecule has 0 saturated heterocycles. The minimum absolute atomic E-state index is 0.0404. The van der Waals surface area contributed by atoms with Gasteiger partial charge in [-0.05, 0) is 60.7 Å². The molecule has 1 amide bonds. The SMILES string of the molecule is COc1ccc(NC(=O)Cn2nc(-c3ccccc3OC)n(-n3cccc3)c2=S)cc1. The molecule has 4 aromatic rings. The fourth-order valence-corrected chi connectivity index (χ4v) is 3.46. The molecule has 8 nitrogen and oxygen atoms in total. The number of aromatic nitrogens is 4. The van der Waals surface area contributed by atoms with Crippen molar-refractivity contribution < 1.29 is 14.3 Å². The van der Waals surface area contributed by atoms with Crippen molar-refractivity contribution in [1.82, 2.24) is 19.1 Å². The lowest BCUT2D eigenvalue weighted by molar-refractivity contribution is -0.116. The third-order valence-corrected chi connectivity index (χ3v) is 5.04. The van der Waals surface area contributed by atoms with Gasteiger partial charge in [0.1, 0.15) is 18.0 Å². The Morgan fingerprint density at radius 1 is 1.00 bits per heavy atom. The van der Waals surface area contributed by atoms with Crippen molar-refractivity contribution in [3.8, 4) is 22.9 Å². The molecule has 31 heavy (non-hydrogen) atoms. The van der Waals surface area contributed by atoms with Crippen LogP contribution in [0.25, 0.3) is 11.4 Å². The second kappa shape index (κ2) is 8.88. The molecular formula is C22H21N5O3S. The van der Waals surface area contributed by atoms with Gasteiger partial charge in [0.25, 0.3) is 0 Å². The number of hydrogen-bond acceptors (Lipinski definition) is 5. The van der Waals surface area contributed by atoms with Crippen LogP contribution in [0.5, 0.6) is 11.5 Å². The van der Waals surface area contributed by atoms with E-state index in [0.29, 0.717) is 27.8 Å². The zero-order chi connectivity index (χ0) is 21.8. The number of carbonyl (C=O) groups is 1. The van der Waals surface area contributed by atoms with Gasteiger partial charge < -0.3 is 14.8 Å². The van der Waals surface area contributed by atoms with Gasteiger partial charge in [-0.25, -0.2) is 9.36 Å². The topological polar surface area (TPSA) is 75.2 Å². The van der Waals surface area contributed by atoms with Crippen molar-refractivity contribution >= 4 is 23.8 Å². The number of ether oxygens (including phenoxy) is 2. The van der Waals surface area contributed by atoms with E-state index in [2.05, 4.69) is 10.4 Å². The molecule has 0 saturated carbocycles. The van der Waals surface area contributed by atoms with Gasteiger partial charge >= 0.3 is 0 Å². The lowest BCUT2D eigenvalue weighted by Crippen LogP contribution is -2.20. The molecule has 2 aromatic carbocycles. The number of para-hydroxylation sites is 1. The van der Waals surface area contributed by atoms with Crippen molar-refractivity contribution in [1.29, 1.82) is 0 Å². The second-order valence-electron chi connectivity index (χ2n) is 6.62. The van der Waals surface area contributed by atoms with E-state index in [1.165, 1.54) is 4.68 Å². The molecule has 0 aliphatic carbocycles. The zero-order valence-electron chi connectivity index (χ0n) is 17.1. The van der Waals surface area contributed by atoms with Crippen LogP contribution in [0.3, 0.4) is 0 Å². The molecule has 0 bridgehead atoms. The first-order valence-electron chi connectivity index (χ1n) is 9.51. The summed E-state index contributed by atoms with van der Waals surface area (Å²) in [4.78, 5) is 12.7. The van der Waals surface area contributed by atoms with E-state index in [9.17, 15) is 4.79 Å². The third kappa shape index (κ3) is 4.22. The first kappa shape index (κ1) is 20.4. The van der Waals surface area contributed by atoms with Crippen LogP contribution in [0.1, 0.15) is 0 Å². The lowest BCUT2D eigenvalue weighted by Gasteiger charge is -2.10. The van der Waals surface area contributed by atoms with Crippen LogP contribution in [-0.2, 0) is 11.3 Å². The van der Waals surface area contributed by atoms with Crippen LogP contribution >= 0.6 is 12.2 Å². The van der Waals surface area contributed by atoms with E-state index in [1.54, 1.807) is 43.2 Å². The highest BCUT2D eigenvalue weighted by molar-refractivity contribution is 7.71. The summed E-state index contributed by atoms with van der Waals surface area (Å²) in [5, 5.41) is 7.50. The average molecular weight is 436 g/mol. The van der Waals surface area contributed by atoms with Gasteiger partial charge in [0.2, 0.25) is 10.7 Å². The van der Waals surface area contributed by atoms with Gasteiger partial charge in [-0.15, -0.1) is 5.10 Å². The van der Waals surface area contributed by atoms with Crippen LogP contribution < -0.4 is 14.8 Å². The standard InChI is InChI=1S/C22H21N5O3S/c1-29-17-11-9-16(10-12-17)23-20(28)15-26-22(31)27(25-13-5-6-14-25)21(24-26)18-7-3-4-8-19(18)30-2/h3-14H,15H2,1-2H3,(H,23,28). The number of carbonyl (C=O) groups excluding carboxylic acids is 1. The van der Waals surface area contributed by atoms with Crippen LogP contribution in [0, 0.1) is 4.77 Å². The number of methoxy groups -OCH3 is 2. The molecule has 0 spiro atoms. The molecule has 0 aliphatic heterocycles. The molecule has 0 unspecified atom stereocenters. The summed E-state index contributed by atoms with van der Waals surface area (Å²) in [5.41, 5.74) is 1.42. The fraction of sp³-hybridized carbons (Fsp3) is 0.136. The monoisotopic (exact) mass is 435 g/mol. The van der Waals surface area contributed by atoms with Crippen molar-refractivity contribution in [2.45, 2.75) is 6.54 Å². The summed E-state index contributed by atoms with van der Waals surface area (Å²) in [7, 11) is 3.20. The van der Waals surface area contributed by atoms with Gasteiger partial charge in [0.05, 0.1) is 19.8 Å². The number of amides is 1. The van der Waals surface area contributed by atoms with Gasteiger partial charge in [0, 0.05) is 18.1 Å². The molecule has 4 rings (SSSR count). The van der Waals surface area contributed by atoms with Crippen molar-refractivity contribution in [2.75, 3.05) is 19.5 Å². The molecule has 9 heteroatoms. The summed E-state index contributed by atoms with van der Waals surface area (Å²) in [6, 6.07) is 18.4. The maximum atomic E-state index is 12.7.